The number of unbranched alkanes of at least 4 members (excludes halogenated alkanes) is 4. The van der Waals surface area contributed by atoms with Gasteiger partial charge in [0.15, 0.2) is 0 Å². The van der Waals surface area contributed by atoms with Crippen LogP contribution in [0, 0.1) is 0 Å². The third-order valence-corrected chi connectivity index (χ3v) is 4.18. The van der Waals surface area contributed by atoms with Crippen LogP contribution in [-0.2, 0) is 11.8 Å². The van der Waals surface area contributed by atoms with Gasteiger partial charge in [0, 0.05) is 17.1 Å². The predicted octanol–water partition coefficient (Wildman–Crippen LogP) is 5.98. The molecule has 20 heavy (non-hydrogen) atoms. The Labute approximate surface area is 123 Å². The fourth-order valence-corrected chi connectivity index (χ4v) is 2.77. The van der Waals surface area contributed by atoms with Crippen LogP contribution in [0.4, 0.5) is 0 Å². The summed E-state index contributed by atoms with van der Waals surface area (Å²) in [7, 11) is 0. The lowest BCUT2D eigenvalue weighted by Gasteiger charge is -2.19. The van der Waals surface area contributed by atoms with E-state index < -0.39 is 0 Å². The fourth-order valence-electron chi connectivity index (χ4n) is 2.77. The van der Waals surface area contributed by atoms with Crippen LogP contribution in [0.1, 0.15) is 70.9 Å². The highest BCUT2D eigenvalue weighted by Gasteiger charge is 2.15. The van der Waals surface area contributed by atoms with Gasteiger partial charge in [-0.25, -0.2) is 0 Å². The Hall–Kier alpha value is -1.24. The van der Waals surface area contributed by atoms with E-state index in [-0.39, 0.29) is 5.41 Å². The first-order valence-electron chi connectivity index (χ1n) is 8.13. The maximum absolute atomic E-state index is 3.42. The molecule has 0 amide bonds. The van der Waals surface area contributed by atoms with Crippen molar-refractivity contribution in [3.05, 3.63) is 35.5 Å². The number of aromatic amines is 1. The van der Waals surface area contributed by atoms with Crippen LogP contribution in [-0.4, -0.2) is 4.98 Å². The molecule has 0 bridgehead atoms. The van der Waals surface area contributed by atoms with E-state index in [0.717, 1.165) is 0 Å². The van der Waals surface area contributed by atoms with E-state index in [0.29, 0.717) is 0 Å². The van der Waals surface area contributed by atoms with E-state index in [4.69, 9.17) is 0 Å². The molecule has 1 nitrogen and oxygen atoms in total. The molecule has 0 aliphatic rings. The van der Waals surface area contributed by atoms with Crippen LogP contribution < -0.4 is 0 Å². The molecule has 0 atom stereocenters. The first-order chi connectivity index (χ1) is 9.52. The van der Waals surface area contributed by atoms with Crippen molar-refractivity contribution in [3.63, 3.8) is 0 Å². The molecule has 0 radical (unpaired) electrons. The second-order valence-corrected chi connectivity index (χ2v) is 6.99. The molecule has 1 heteroatoms. The Balaban J connectivity index is 2.09. The number of nitrogens with one attached hydrogen (secondary N) is 1. The van der Waals surface area contributed by atoms with Crippen molar-refractivity contribution in [2.45, 2.75) is 71.6 Å². The standard InChI is InChI=1S/C19H29N/c1-5-6-7-8-9-10-15-14-20-18-12-11-16(13-17(15)18)19(2,3)4/h11-14,20H,5-10H2,1-4H3. The minimum absolute atomic E-state index is 0.226. The summed E-state index contributed by atoms with van der Waals surface area (Å²) in [6.07, 6.45) is 10.2. The van der Waals surface area contributed by atoms with Gasteiger partial charge in [-0.05, 0) is 41.5 Å². The minimum atomic E-state index is 0.226. The summed E-state index contributed by atoms with van der Waals surface area (Å²) < 4.78 is 0. The number of fused-ring (bicyclic) bond motifs is 1. The smallest absolute Gasteiger partial charge is 0.0456 e. The summed E-state index contributed by atoms with van der Waals surface area (Å²) in [5.74, 6) is 0. The van der Waals surface area contributed by atoms with Crippen LogP contribution in [0.5, 0.6) is 0 Å². The van der Waals surface area contributed by atoms with Gasteiger partial charge in [0.25, 0.3) is 0 Å². The normalized spacial score (nSPS) is 12.2. The number of aromatic nitrogens is 1. The minimum Gasteiger partial charge on any atom is -0.361 e. The van der Waals surface area contributed by atoms with Crippen molar-refractivity contribution >= 4 is 10.9 Å². The largest absolute Gasteiger partial charge is 0.361 e. The molecule has 0 saturated carbocycles. The van der Waals surface area contributed by atoms with E-state index in [1.54, 1.807) is 0 Å². The van der Waals surface area contributed by atoms with E-state index in [2.05, 4.69) is 57.1 Å². The van der Waals surface area contributed by atoms with Crippen molar-refractivity contribution in [1.29, 1.82) is 0 Å². The SMILES string of the molecule is CCCCCCCc1c[nH]c2ccc(C(C)(C)C)cc12. The number of hydrogen-bond donors (Lipinski definition) is 1. The Morgan fingerprint density at radius 2 is 1.75 bits per heavy atom. The van der Waals surface area contributed by atoms with Crippen molar-refractivity contribution < 1.29 is 0 Å². The molecule has 2 aromatic rings. The lowest BCUT2D eigenvalue weighted by Crippen LogP contribution is -2.10. The maximum Gasteiger partial charge on any atom is 0.0456 e. The molecule has 1 aromatic carbocycles. The van der Waals surface area contributed by atoms with Crippen molar-refractivity contribution in [3.8, 4) is 0 Å². The molecule has 110 valence electrons. The molecule has 1 aromatic heterocycles. The van der Waals surface area contributed by atoms with Crippen LogP contribution in [0.3, 0.4) is 0 Å². The van der Waals surface area contributed by atoms with Crippen molar-refractivity contribution in [1.82, 2.24) is 4.98 Å². The van der Waals surface area contributed by atoms with Gasteiger partial charge in [-0.15, -0.1) is 0 Å². The highest BCUT2D eigenvalue weighted by atomic mass is 14.7. The van der Waals surface area contributed by atoms with Gasteiger partial charge in [0.1, 0.15) is 0 Å². The molecular weight excluding hydrogens is 242 g/mol. The first-order valence-corrected chi connectivity index (χ1v) is 8.13. The van der Waals surface area contributed by atoms with Gasteiger partial charge in [-0.3, -0.25) is 0 Å². The summed E-state index contributed by atoms with van der Waals surface area (Å²) in [6, 6.07) is 6.87. The van der Waals surface area contributed by atoms with Crippen LogP contribution in [0.2, 0.25) is 0 Å². The zero-order chi connectivity index (χ0) is 14.6. The van der Waals surface area contributed by atoms with Crippen LogP contribution in [0.15, 0.2) is 24.4 Å². The van der Waals surface area contributed by atoms with Crippen LogP contribution >= 0.6 is 0 Å². The lowest BCUT2D eigenvalue weighted by atomic mass is 9.86. The topological polar surface area (TPSA) is 15.8 Å². The number of hydrogen-bond acceptors (Lipinski definition) is 0. The summed E-state index contributed by atoms with van der Waals surface area (Å²) in [5, 5.41) is 1.42. The van der Waals surface area contributed by atoms with Crippen molar-refractivity contribution in [2.24, 2.45) is 0 Å². The van der Waals surface area contributed by atoms with E-state index in [1.165, 1.54) is 60.6 Å². The summed E-state index contributed by atoms with van der Waals surface area (Å²) in [5.41, 5.74) is 4.42. The molecular formula is C19H29N. The number of H-pyrrole nitrogens is 1. The van der Waals surface area contributed by atoms with Gasteiger partial charge in [-0.1, -0.05) is 59.4 Å². The van der Waals surface area contributed by atoms with Gasteiger partial charge in [0.2, 0.25) is 0 Å². The zero-order valence-corrected chi connectivity index (χ0v) is 13.6. The highest BCUT2D eigenvalue weighted by molar-refractivity contribution is 5.84. The first kappa shape index (κ1) is 15.2. The Morgan fingerprint density at radius 3 is 2.45 bits per heavy atom. The average molecular weight is 271 g/mol. The quantitative estimate of drug-likeness (QED) is 0.622. The molecule has 0 aliphatic carbocycles. The number of benzene rings is 1. The van der Waals surface area contributed by atoms with E-state index >= 15 is 0 Å². The third kappa shape index (κ3) is 3.65. The lowest BCUT2D eigenvalue weighted by molar-refractivity contribution is 0.591. The predicted molar refractivity (Wildman–Crippen MR) is 89.5 cm³/mol. The van der Waals surface area contributed by atoms with Gasteiger partial charge in [-0.2, -0.15) is 0 Å². The van der Waals surface area contributed by atoms with Crippen molar-refractivity contribution in [2.75, 3.05) is 0 Å². The van der Waals surface area contributed by atoms with Crippen LogP contribution in [0.25, 0.3) is 10.9 Å². The molecule has 0 fully saturated rings. The molecule has 0 spiro atoms. The Kier molecular flexibility index (Phi) is 4.91. The highest BCUT2D eigenvalue weighted by Crippen LogP contribution is 2.28. The molecule has 0 aliphatic heterocycles. The number of aryl methyl sites for hydroxylation is 1. The maximum atomic E-state index is 3.42. The van der Waals surface area contributed by atoms with E-state index in [9.17, 15) is 0 Å². The third-order valence-electron chi connectivity index (χ3n) is 4.18. The average Bonchev–Trinajstić information content (AvgIpc) is 2.80. The summed E-state index contributed by atoms with van der Waals surface area (Å²) in [6.45, 7) is 9.12. The molecule has 0 unspecified atom stereocenters. The van der Waals surface area contributed by atoms with Gasteiger partial charge < -0.3 is 4.98 Å². The zero-order valence-electron chi connectivity index (χ0n) is 13.6. The van der Waals surface area contributed by atoms with Gasteiger partial charge >= 0.3 is 0 Å². The fraction of sp³-hybridized carbons (Fsp3) is 0.579. The van der Waals surface area contributed by atoms with Gasteiger partial charge in [0.05, 0.1) is 0 Å². The molecule has 0 saturated heterocycles. The Morgan fingerprint density at radius 1 is 1.00 bits per heavy atom. The number of rotatable bonds is 6. The second kappa shape index (κ2) is 6.47. The summed E-state index contributed by atoms with van der Waals surface area (Å²) >= 11 is 0. The monoisotopic (exact) mass is 271 g/mol. The van der Waals surface area contributed by atoms with E-state index in [1.807, 2.05) is 0 Å². The molecule has 1 N–H and O–H groups in total. The molecule has 2 rings (SSSR count). The summed E-state index contributed by atoms with van der Waals surface area (Å²) in [4.78, 5) is 3.42. The second-order valence-electron chi connectivity index (χ2n) is 6.99. The molecule has 1 heterocycles. The Bertz CT molecular complexity index is 542.